The second kappa shape index (κ2) is 3.26. The molecular weight excluding hydrogens is 159 g/mol. The minimum Gasteiger partial charge on any atom is -0.205 e. The van der Waals surface area contributed by atoms with Gasteiger partial charge in [0.15, 0.2) is 0 Å². The van der Waals surface area contributed by atoms with Gasteiger partial charge in [-0.2, -0.15) is 0 Å². The van der Waals surface area contributed by atoms with Crippen molar-refractivity contribution in [3.8, 4) is 0 Å². The lowest BCUT2D eigenvalue weighted by atomic mass is 10.1. The van der Waals surface area contributed by atoms with Crippen LogP contribution >= 0.6 is 11.8 Å². The lowest BCUT2D eigenvalue weighted by Gasteiger charge is -2.03. The van der Waals surface area contributed by atoms with Crippen LogP contribution in [-0.4, -0.2) is 6.26 Å². The molecule has 2 heteroatoms. The highest BCUT2D eigenvalue weighted by Crippen LogP contribution is 2.22. The highest BCUT2D eigenvalue weighted by Gasteiger charge is 2.03. The Morgan fingerprint density at radius 3 is 2.45 bits per heavy atom. The maximum Gasteiger partial charge on any atom is 0.139 e. The Balaban J connectivity index is 3.24. The van der Waals surface area contributed by atoms with Gasteiger partial charge in [0.2, 0.25) is 0 Å². The molecule has 0 N–H and O–H groups in total. The van der Waals surface area contributed by atoms with Crippen LogP contribution in [0, 0.1) is 19.7 Å². The quantitative estimate of drug-likeness (QED) is 0.583. The zero-order valence-electron chi connectivity index (χ0n) is 6.94. The second-order valence-electron chi connectivity index (χ2n) is 2.60. The van der Waals surface area contributed by atoms with Crippen LogP contribution in [-0.2, 0) is 0 Å². The van der Waals surface area contributed by atoms with Crippen molar-refractivity contribution in [3.05, 3.63) is 29.1 Å². The fourth-order valence-electron chi connectivity index (χ4n) is 1.06. The van der Waals surface area contributed by atoms with Crippen molar-refractivity contribution in [3.63, 3.8) is 0 Å². The van der Waals surface area contributed by atoms with Gasteiger partial charge in [-0.3, -0.25) is 0 Å². The fraction of sp³-hybridized carbons (Fsp3) is 0.333. The van der Waals surface area contributed by atoms with Crippen molar-refractivity contribution >= 4 is 11.8 Å². The Bertz CT molecular complexity index is 269. The number of rotatable bonds is 1. The highest BCUT2D eigenvalue weighted by atomic mass is 32.2. The molecule has 0 aliphatic heterocycles. The maximum atomic E-state index is 13.2. The van der Waals surface area contributed by atoms with Crippen LogP contribution in [0.4, 0.5) is 4.39 Å². The molecule has 0 nitrogen and oxygen atoms in total. The van der Waals surface area contributed by atoms with E-state index < -0.39 is 0 Å². The summed E-state index contributed by atoms with van der Waals surface area (Å²) in [4.78, 5) is 0.738. The summed E-state index contributed by atoms with van der Waals surface area (Å²) >= 11 is 1.45. The molecule has 11 heavy (non-hydrogen) atoms. The van der Waals surface area contributed by atoms with Crippen molar-refractivity contribution < 1.29 is 4.39 Å². The summed E-state index contributed by atoms with van der Waals surface area (Å²) in [6, 6.07) is 3.72. The van der Waals surface area contributed by atoms with E-state index in [0.29, 0.717) is 0 Å². The van der Waals surface area contributed by atoms with E-state index >= 15 is 0 Å². The standard InChI is InChI=1S/C9H11FS/c1-6-4-7(2)9(10)8(5-6)11-3/h4-5H,1-3H3. The Labute approximate surface area is 70.8 Å². The molecule has 0 bridgehead atoms. The van der Waals surface area contributed by atoms with Gasteiger partial charge in [0, 0.05) is 4.90 Å². The van der Waals surface area contributed by atoms with Crippen LogP contribution in [0.1, 0.15) is 11.1 Å². The smallest absolute Gasteiger partial charge is 0.139 e. The maximum absolute atomic E-state index is 13.2. The predicted octanol–water partition coefficient (Wildman–Crippen LogP) is 3.16. The number of aryl methyl sites for hydroxylation is 2. The zero-order chi connectivity index (χ0) is 8.43. The van der Waals surface area contributed by atoms with E-state index in [2.05, 4.69) is 0 Å². The topological polar surface area (TPSA) is 0 Å². The Morgan fingerprint density at radius 2 is 1.91 bits per heavy atom. The first-order valence-electron chi connectivity index (χ1n) is 3.46. The number of benzene rings is 1. The molecule has 0 fully saturated rings. The number of hydrogen-bond donors (Lipinski definition) is 0. The Morgan fingerprint density at radius 1 is 1.27 bits per heavy atom. The molecule has 0 atom stereocenters. The van der Waals surface area contributed by atoms with Gasteiger partial charge in [0.05, 0.1) is 0 Å². The largest absolute Gasteiger partial charge is 0.205 e. The molecule has 60 valence electrons. The van der Waals surface area contributed by atoms with Gasteiger partial charge in [-0.25, -0.2) is 4.39 Å². The molecule has 0 aliphatic rings. The predicted molar refractivity (Wildman–Crippen MR) is 47.7 cm³/mol. The summed E-state index contributed by atoms with van der Waals surface area (Å²) in [5, 5.41) is 0. The highest BCUT2D eigenvalue weighted by molar-refractivity contribution is 7.98. The molecule has 0 heterocycles. The summed E-state index contributed by atoms with van der Waals surface area (Å²) in [5.74, 6) is -0.0805. The molecule has 0 unspecified atom stereocenters. The van der Waals surface area contributed by atoms with Gasteiger partial charge in [0.25, 0.3) is 0 Å². The average molecular weight is 170 g/mol. The third kappa shape index (κ3) is 1.74. The minimum atomic E-state index is -0.0805. The monoisotopic (exact) mass is 170 g/mol. The minimum absolute atomic E-state index is 0.0805. The summed E-state index contributed by atoms with van der Waals surface area (Å²) in [6.45, 7) is 3.77. The SMILES string of the molecule is CSc1cc(C)cc(C)c1F. The van der Waals surface area contributed by atoms with Crippen molar-refractivity contribution in [2.45, 2.75) is 18.7 Å². The fourth-order valence-corrected chi connectivity index (χ4v) is 1.70. The first-order valence-corrected chi connectivity index (χ1v) is 4.68. The molecule has 0 saturated heterocycles. The van der Waals surface area contributed by atoms with Gasteiger partial charge in [0.1, 0.15) is 5.82 Å². The summed E-state index contributed by atoms with van der Waals surface area (Å²) < 4.78 is 13.2. The van der Waals surface area contributed by atoms with Crippen LogP contribution in [0.5, 0.6) is 0 Å². The Hall–Kier alpha value is -0.500. The van der Waals surface area contributed by atoms with Crippen LogP contribution < -0.4 is 0 Å². The number of halogens is 1. The van der Waals surface area contributed by atoms with E-state index in [1.807, 2.05) is 25.3 Å². The summed E-state index contributed by atoms with van der Waals surface area (Å²) in [7, 11) is 0. The summed E-state index contributed by atoms with van der Waals surface area (Å²) in [6.07, 6.45) is 1.89. The average Bonchev–Trinajstić information content (AvgIpc) is 1.96. The van der Waals surface area contributed by atoms with Gasteiger partial charge in [-0.1, -0.05) is 6.07 Å². The van der Waals surface area contributed by atoms with E-state index in [1.165, 1.54) is 11.8 Å². The van der Waals surface area contributed by atoms with Gasteiger partial charge >= 0.3 is 0 Å². The van der Waals surface area contributed by atoms with Gasteiger partial charge in [-0.15, -0.1) is 11.8 Å². The lowest BCUT2D eigenvalue weighted by molar-refractivity contribution is 0.592. The van der Waals surface area contributed by atoms with Crippen molar-refractivity contribution in [2.24, 2.45) is 0 Å². The number of hydrogen-bond acceptors (Lipinski definition) is 1. The van der Waals surface area contributed by atoms with Crippen LogP contribution in [0.25, 0.3) is 0 Å². The lowest BCUT2D eigenvalue weighted by Crippen LogP contribution is -1.87. The molecule has 0 aromatic heterocycles. The van der Waals surface area contributed by atoms with Crippen molar-refractivity contribution in [1.82, 2.24) is 0 Å². The molecule has 1 rings (SSSR count). The van der Waals surface area contributed by atoms with Gasteiger partial charge < -0.3 is 0 Å². The first-order chi connectivity index (χ1) is 5.15. The molecule has 0 aliphatic carbocycles. The molecule has 0 amide bonds. The van der Waals surface area contributed by atoms with E-state index in [1.54, 1.807) is 6.92 Å². The van der Waals surface area contributed by atoms with E-state index in [-0.39, 0.29) is 5.82 Å². The third-order valence-electron chi connectivity index (χ3n) is 1.59. The molecule has 0 saturated carbocycles. The number of thioether (sulfide) groups is 1. The Kier molecular flexibility index (Phi) is 2.55. The molecule has 0 spiro atoms. The van der Waals surface area contributed by atoms with E-state index in [4.69, 9.17) is 0 Å². The molecule has 0 radical (unpaired) electrons. The summed E-state index contributed by atoms with van der Waals surface area (Å²) in [5.41, 5.74) is 1.85. The first kappa shape index (κ1) is 8.60. The molecular formula is C9H11FS. The molecule has 1 aromatic carbocycles. The van der Waals surface area contributed by atoms with Crippen LogP contribution in [0.3, 0.4) is 0 Å². The normalized spacial score (nSPS) is 10.2. The van der Waals surface area contributed by atoms with Crippen LogP contribution in [0.2, 0.25) is 0 Å². The zero-order valence-corrected chi connectivity index (χ0v) is 7.76. The van der Waals surface area contributed by atoms with Crippen LogP contribution in [0.15, 0.2) is 17.0 Å². The van der Waals surface area contributed by atoms with Crippen molar-refractivity contribution in [1.29, 1.82) is 0 Å². The second-order valence-corrected chi connectivity index (χ2v) is 3.45. The van der Waals surface area contributed by atoms with Gasteiger partial charge in [-0.05, 0) is 37.3 Å². The molecule has 1 aromatic rings. The van der Waals surface area contributed by atoms with E-state index in [9.17, 15) is 4.39 Å². The van der Waals surface area contributed by atoms with E-state index in [0.717, 1.165) is 16.0 Å². The third-order valence-corrected chi connectivity index (χ3v) is 2.32. The van der Waals surface area contributed by atoms with Crippen molar-refractivity contribution in [2.75, 3.05) is 6.26 Å².